The van der Waals surface area contributed by atoms with Gasteiger partial charge in [0, 0.05) is 25.7 Å². The quantitative estimate of drug-likeness (QED) is 0.802. The number of amides is 1. The summed E-state index contributed by atoms with van der Waals surface area (Å²) in [6.07, 6.45) is 1.54. The van der Waals surface area contributed by atoms with Crippen LogP contribution in [-0.2, 0) is 6.54 Å². The minimum absolute atomic E-state index is 0.193. The summed E-state index contributed by atoms with van der Waals surface area (Å²) >= 11 is 0. The molecule has 1 amide bonds. The molecule has 7 heteroatoms. The highest BCUT2D eigenvalue weighted by atomic mass is 19.1. The van der Waals surface area contributed by atoms with Gasteiger partial charge >= 0.3 is 0 Å². The Bertz CT molecular complexity index is 640. The van der Waals surface area contributed by atoms with Gasteiger partial charge in [0.25, 0.3) is 5.91 Å². The van der Waals surface area contributed by atoms with Gasteiger partial charge in [-0.05, 0) is 20.2 Å². The highest BCUT2D eigenvalue weighted by molar-refractivity contribution is 5.91. The second-order valence-corrected chi connectivity index (χ2v) is 5.42. The summed E-state index contributed by atoms with van der Waals surface area (Å²) in [5.41, 5.74) is 0.768. The Morgan fingerprint density at radius 2 is 1.95 bits per heavy atom. The molecule has 118 valence electrons. The fourth-order valence-corrected chi connectivity index (χ4v) is 1.92. The van der Waals surface area contributed by atoms with Gasteiger partial charge in [-0.2, -0.15) is 0 Å². The molecule has 0 bridgehead atoms. The Morgan fingerprint density at radius 1 is 1.23 bits per heavy atom. The second kappa shape index (κ2) is 7.13. The van der Waals surface area contributed by atoms with E-state index < -0.39 is 0 Å². The number of rotatable bonds is 6. The molecule has 0 aliphatic heterocycles. The lowest BCUT2D eigenvalue weighted by Gasteiger charge is -2.18. The van der Waals surface area contributed by atoms with Gasteiger partial charge in [-0.3, -0.25) is 4.79 Å². The van der Waals surface area contributed by atoms with E-state index in [9.17, 15) is 9.18 Å². The average molecular weight is 305 g/mol. The Hall–Kier alpha value is -2.28. The standard InChI is InChI=1S/C15H20FN5O/c1-19(2)8-9-20(3)15(22)14-11-21(18-17-14)10-12-6-4-5-7-13(12)16/h4-7,11H,8-10H2,1-3H3. The Morgan fingerprint density at radius 3 is 2.64 bits per heavy atom. The van der Waals surface area contributed by atoms with Crippen LogP contribution in [0.1, 0.15) is 16.1 Å². The van der Waals surface area contributed by atoms with Crippen LogP contribution in [0.4, 0.5) is 4.39 Å². The van der Waals surface area contributed by atoms with Crippen molar-refractivity contribution in [2.75, 3.05) is 34.2 Å². The first-order valence-corrected chi connectivity index (χ1v) is 7.01. The molecule has 0 fully saturated rings. The third-order valence-corrected chi connectivity index (χ3v) is 3.28. The van der Waals surface area contributed by atoms with Gasteiger partial charge in [0.05, 0.1) is 12.7 Å². The molecule has 0 saturated carbocycles. The van der Waals surface area contributed by atoms with Crippen molar-refractivity contribution in [2.45, 2.75) is 6.54 Å². The number of halogens is 1. The highest BCUT2D eigenvalue weighted by Gasteiger charge is 2.16. The van der Waals surface area contributed by atoms with Gasteiger partial charge < -0.3 is 9.80 Å². The van der Waals surface area contributed by atoms with E-state index in [0.29, 0.717) is 12.1 Å². The smallest absolute Gasteiger partial charge is 0.275 e. The highest BCUT2D eigenvalue weighted by Crippen LogP contribution is 2.08. The Labute approximate surface area is 129 Å². The molecule has 2 rings (SSSR count). The molecule has 0 radical (unpaired) electrons. The van der Waals surface area contributed by atoms with Crippen LogP contribution in [0.25, 0.3) is 0 Å². The van der Waals surface area contributed by atoms with E-state index in [2.05, 4.69) is 10.3 Å². The van der Waals surface area contributed by atoms with E-state index in [4.69, 9.17) is 0 Å². The van der Waals surface area contributed by atoms with Crippen molar-refractivity contribution < 1.29 is 9.18 Å². The number of benzene rings is 1. The summed E-state index contributed by atoms with van der Waals surface area (Å²) in [7, 11) is 5.62. The van der Waals surface area contributed by atoms with Crippen molar-refractivity contribution in [1.82, 2.24) is 24.8 Å². The third-order valence-electron chi connectivity index (χ3n) is 3.28. The number of carbonyl (C=O) groups excluding carboxylic acids is 1. The zero-order valence-corrected chi connectivity index (χ0v) is 13.0. The van der Waals surface area contributed by atoms with Crippen molar-refractivity contribution >= 4 is 5.91 Å². The minimum Gasteiger partial charge on any atom is -0.339 e. The van der Waals surface area contributed by atoms with Crippen LogP contribution < -0.4 is 0 Å². The normalized spacial score (nSPS) is 11.0. The maximum absolute atomic E-state index is 13.6. The van der Waals surface area contributed by atoms with Gasteiger partial charge in [-0.25, -0.2) is 9.07 Å². The summed E-state index contributed by atoms with van der Waals surface area (Å²) in [5.74, 6) is -0.490. The molecule has 2 aromatic rings. The lowest BCUT2D eigenvalue weighted by atomic mass is 10.2. The Balaban J connectivity index is 2.02. The fourth-order valence-electron chi connectivity index (χ4n) is 1.92. The lowest BCUT2D eigenvalue weighted by Crippen LogP contribution is -2.33. The van der Waals surface area contributed by atoms with Gasteiger partial charge in [0.1, 0.15) is 5.82 Å². The van der Waals surface area contributed by atoms with Gasteiger partial charge in [-0.15, -0.1) is 5.10 Å². The number of carbonyl (C=O) groups is 1. The molecule has 1 aromatic heterocycles. The Kier molecular flexibility index (Phi) is 5.21. The molecular formula is C15H20FN5O. The zero-order chi connectivity index (χ0) is 16.1. The summed E-state index contributed by atoms with van der Waals surface area (Å²) in [6, 6.07) is 6.47. The van der Waals surface area contributed by atoms with Crippen LogP contribution in [0.2, 0.25) is 0 Å². The number of nitrogens with zero attached hydrogens (tertiary/aromatic N) is 5. The zero-order valence-electron chi connectivity index (χ0n) is 13.0. The van der Waals surface area contributed by atoms with Crippen molar-refractivity contribution in [1.29, 1.82) is 0 Å². The molecule has 1 aromatic carbocycles. The molecule has 0 N–H and O–H groups in total. The van der Waals surface area contributed by atoms with E-state index >= 15 is 0 Å². The number of likely N-dealkylation sites (N-methyl/N-ethyl adjacent to an activating group) is 2. The van der Waals surface area contributed by atoms with E-state index in [0.717, 1.165) is 6.54 Å². The topological polar surface area (TPSA) is 54.3 Å². The minimum atomic E-state index is -0.297. The largest absolute Gasteiger partial charge is 0.339 e. The predicted octanol–water partition coefficient (Wildman–Crippen LogP) is 1.10. The summed E-state index contributed by atoms with van der Waals surface area (Å²) in [4.78, 5) is 15.8. The molecule has 0 atom stereocenters. The predicted molar refractivity (Wildman–Crippen MR) is 81.0 cm³/mol. The monoisotopic (exact) mass is 305 g/mol. The van der Waals surface area contributed by atoms with Crippen molar-refractivity contribution in [3.63, 3.8) is 0 Å². The molecule has 0 spiro atoms. The maximum atomic E-state index is 13.6. The van der Waals surface area contributed by atoms with E-state index in [1.165, 1.54) is 10.7 Å². The average Bonchev–Trinajstić information content (AvgIpc) is 2.95. The van der Waals surface area contributed by atoms with Crippen LogP contribution in [0.15, 0.2) is 30.5 Å². The van der Waals surface area contributed by atoms with Crippen LogP contribution in [0, 0.1) is 5.82 Å². The lowest BCUT2D eigenvalue weighted by molar-refractivity contribution is 0.0780. The molecule has 22 heavy (non-hydrogen) atoms. The molecule has 6 nitrogen and oxygen atoms in total. The summed E-state index contributed by atoms with van der Waals surface area (Å²) < 4.78 is 15.1. The van der Waals surface area contributed by atoms with Crippen molar-refractivity contribution in [3.05, 3.63) is 47.5 Å². The maximum Gasteiger partial charge on any atom is 0.275 e. The van der Waals surface area contributed by atoms with Gasteiger partial charge in [0.15, 0.2) is 5.69 Å². The van der Waals surface area contributed by atoms with Crippen LogP contribution in [-0.4, -0.2) is 64.9 Å². The van der Waals surface area contributed by atoms with E-state index in [-0.39, 0.29) is 24.0 Å². The molecule has 1 heterocycles. The van der Waals surface area contributed by atoms with Gasteiger partial charge in [0.2, 0.25) is 0 Å². The first kappa shape index (κ1) is 16.1. The molecule has 0 unspecified atom stereocenters. The van der Waals surface area contributed by atoms with Crippen LogP contribution >= 0.6 is 0 Å². The first-order chi connectivity index (χ1) is 10.5. The van der Waals surface area contributed by atoms with Crippen LogP contribution in [0.3, 0.4) is 0 Å². The van der Waals surface area contributed by atoms with Gasteiger partial charge in [-0.1, -0.05) is 23.4 Å². The van der Waals surface area contributed by atoms with Crippen molar-refractivity contribution in [2.24, 2.45) is 0 Å². The van der Waals surface area contributed by atoms with E-state index in [1.54, 1.807) is 36.3 Å². The number of hydrogen-bond acceptors (Lipinski definition) is 4. The molecule has 0 aliphatic carbocycles. The number of hydrogen-bond donors (Lipinski definition) is 0. The first-order valence-electron chi connectivity index (χ1n) is 7.01. The van der Waals surface area contributed by atoms with Crippen molar-refractivity contribution in [3.8, 4) is 0 Å². The molecular weight excluding hydrogens is 285 g/mol. The third kappa shape index (κ3) is 4.11. The number of aromatic nitrogens is 3. The summed E-state index contributed by atoms with van der Waals surface area (Å²) in [6.45, 7) is 1.62. The van der Waals surface area contributed by atoms with Crippen LogP contribution in [0.5, 0.6) is 0 Å². The molecule has 0 aliphatic rings. The molecule has 0 saturated heterocycles. The SMILES string of the molecule is CN(C)CCN(C)C(=O)c1cn(Cc2ccccc2F)nn1. The summed E-state index contributed by atoms with van der Waals surface area (Å²) in [5, 5.41) is 7.77. The second-order valence-electron chi connectivity index (χ2n) is 5.42. The fraction of sp³-hybridized carbons (Fsp3) is 0.400. The van der Waals surface area contributed by atoms with E-state index in [1.807, 2.05) is 19.0 Å².